The van der Waals surface area contributed by atoms with Crippen LogP contribution in [0.3, 0.4) is 0 Å². The molecule has 3 aliphatic rings. The van der Waals surface area contributed by atoms with Gasteiger partial charge in [0.2, 0.25) is 0 Å². The predicted octanol–water partition coefficient (Wildman–Crippen LogP) is 15.0. The molecule has 1 aliphatic carbocycles. The Morgan fingerprint density at radius 3 is 1.82 bits per heavy atom. The normalized spacial score (nSPS) is 14.4. The van der Waals surface area contributed by atoms with Gasteiger partial charge in [-0.05, 0) is 143 Å². The number of para-hydroxylation sites is 3. The molecule has 0 radical (unpaired) electrons. The quantitative estimate of drug-likeness (QED) is 0.161. The third-order valence-electron chi connectivity index (χ3n) is 14.2. The zero-order valence-corrected chi connectivity index (χ0v) is 39.3. The van der Waals surface area contributed by atoms with E-state index >= 15 is 0 Å². The highest BCUT2D eigenvalue weighted by Gasteiger charge is 2.46. The molecule has 12 rings (SSSR count). The molecule has 0 amide bonds. The number of thiophene rings is 1. The second-order valence-electron chi connectivity index (χ2n) is 20.5. The van der Waals surface area contributed by atoms with Gasteiger partial charge in [-0.2, -0.15) is 11.3 Å². The van der Waals surface area contributed by atoms with Gasteiger partial charge in [0, 0.05) is 60.2 Å². The monoisotopic (exact) mass is 863 g/mol. The highest BCUT2D eigenvalue weighted by atomic mass is 32.1. The van der Waals surface area contributed by atoms with Crippen LogP contribution < -0.4 is 30.4 Å². The Labute approximate surface area is 387 Å². The molecular weight excluding hydrogens is 810 g/mol. The number of hydrogen-bond donors (Lipinski definition) is 0. The summed E-state index contributed by atoms with van der Waals surface area (Å²) in [5, 5.41) is 2.28. The summed E-state index contributed by atoms with van der Waals surface area (Å²) in [6, 6.07) is 57.0. The molecule has 0 saturated carbocycles. The van der Waals surface area contributed by atoms with E-state index in [4.69, 9.17) is 4.42 Å². The number of anilines is 9. The summed E-state index contributed by atoms with van der Waals surface area (Å²) in [5.74, 6) is 0. The molecule has 0 bridgehead atoms. The first-order chi connectivity index (χ1) is 31.4. The third kappa shape index (κ3) is 6.31. The van der Waals surface area contributed by atoms with Crippen molar-refractivity contribution in [3.8, 4) is 0 Å². The smallest absolute Gasteiger partial charge is 0.264 e. The highest BCUT2D eigenvalue weighted by Crippen LogP contribution is 2.51. The van der Waals surface area contributed by atoms with E-state index in [1.54, 1.807) is 10.4 Å². The van der Waals surface area contributed by atoms with Gasteiger partial charge < -0.3 is 19.1 Å². The maximum Gasteiger partial charge on any atom is 0.264 e. The SMILES string of the molecule is Cc1cccc2c1oc1c(N3c4cc(N(c5ccc(C(C)(C)C)cc5)c5ccc(C(C)(C)C)cc5)ccc4B4c5sc6c(c5N(c5ccccc5)c5cccc3c54)CCCC6)cccc12. The van der Waals surface area contributed by atoms with Gasteiger partial charge in [0.1, 0.15) is 5.58 Å². The van der Waals surface area contributed by atoms with Crippen LogP contribution in [0.1, 0.15) is 81.5 Å². The summed E-state index contributed by atoms with van der Waals surface area (Å²) in [6.07, 6.45) is 4.75. The van der Waals surface area contributed by atoms with Crippen LogP contribution in [-0.2, 0) is 23.7 Å². The molecule has 2 aliphatic heterocycles. The van der Waals surface area contributed by atoms with Crippen LogP contribution in [-0.4, -0.2) is 6.71 Å². The molecule has 0 atom stereocenters. The fraction of sp³-hybridized carbons (Fsp3) is 0.220. The molecule has 320 valence electrons. The summed E-state index contributed by atoms with van der Waals surface area (Å²) < 4.78 is 8.49. The van der Waals surface area contributed by atoms with Crippen molar-refractivity contribution >= 4 is 107 Å². The molecular formula is C59H54BN3OS. The molecule has 4 nitrogen and oxygen atoms in total. The van der Waals surface area contributed by atoms with Gasteiger partial charge in [-0.25, -0.2) is 0 Å². The van der Waals surface area contributed by atoms with Crippen LogP contribution in [0.2, 0.25) is 0 Å². The van der Waals surface area contributed by atoms with Crippen molar-refractivity contribution in [3.05, 3.63) is 179 Å². The maximum absolute atomic E-state index is 7.03. The van der Waals surface area contributed by atoms with Crippen LogP contribution >= 0.6 is 11.3 Å². The lowest BCUT2D eigenvalue weighted by atomic mass is 9.36. The van der Waals surface area contributed by atoms with Crippen molar-refractivity contribution in [2.75, 3.05) is 14.7 Å². The Hall–Kier alpha value is -6.50. The van der Waals surface area contributed by atoms with Crippen molar-refractivity contribution in [2.45, 2.75) is 85.0 Å². The second-order valence-corrected chi connectivity index (χ2v) is 21.6. The van der Waals surface area contributed by atoms with E-state index in [1.165, 1.54) is 68.1 Å². The summed E-state index contributed by atoms with van der Waals surface area (Å²) in [4.78, 5) is 9.13. The van der Waals surface area contributed by atoms with Gasteiger partial charge in [0.05, 0.1) is 11.4 Å². The van der Waals surface area contributed by atoms with Gasteiger partial charge in [0.25, 0.3) is 6.71 Å². The average molecular weight is 864 g/mol. The van der Waals surface area contributed by atoms with Crippen molar-refractivity contribution in [1.29, 1.82) is 0 Å². The van der Waals surface area contributed by atoms with Gasteiger partial charge in [0.15, 0.2) is 5.58 Å². The number of furan rings is 1. The third-order valence-corrected chi connectivity index (χ3v) is 15.6. The van der Waals surface area contributed by atoms with Crippen LogP contribution in [0.4, 0.5) is 51.2 Å². The number of benzene rings is 7. The number of nitrogens with zero attached hydrogens (tertiary/aromatic N) is 3. The van der Waals surface area contributed by atoms with E-state index < -0.39 is 0 Å². The number of fused-ring (bicyclic) bond motifs is 9. The van der Waals surface area contributed by atoms with Crippen LogP contribution in [0.5, 0.6) is 0 Å². The molecule has 65 heavy (non-hydrogen) atoms. The van der Waals surface area contributed by atoms with E-state index in [2.05, 4.69) is 226 Å². The molecule has 6 heteroatoms. The summed E-state index contributed by atoms with van der Waals surface area (Å²) in [6.45, 7) is 15.9. The predicted molar refractivity (Wildman–Crippen MR) is 279 cm³/mol. The zero-order valence-electron chi connectivity index (χ0n) is 38.5. The van der Waals surface area contributed by atoms with Crippen molar-refractivity contribution in [1.82, 2.24) is 0 Å². The zero-order chi connectivity index (χ0) is 44.4. The lowest BCUT2D eigenvalue weighted by Gasteiger charge is -2.43. The Balaban J connectivity index is 1.14. The van der Waals surface area contributed by atoms with Crippen molar-refractivity contribution in [2.24, 2.45) is 0 Å². The van der Waals surface area contributed by atoms with Crippen LogP contribution in [0.25, 0.3) is 21.9 Å². The number of rotatable bonds is 5. The molecule has 0 unspecified atom stereocenters. The average Bonchev–Trinajstić information content (AvgIpc) is 3.89. The molecule has 2 aromatic heterocycles. The molecule has 0 spiro atoms. The van der Waals surface area contributed by atoms with Crippen molar-refractivity contribution < 1.29 is 4.42 Å². The lowest BCUT2D eigenvalue weighted by Crippen LogP contribution is -2.60. The molecule has 0 N–H and O–H groups in total. The number of aryl methyl sites for hydroxylation is 2. The summed E-state index contributed by atoms with van der Waals surface area (Å²) in [7, 11) is 0. The summed E-state index contributed by atoms with van der Waals surface area (Å²) in [5.41, 5.74) is 20.6. The van der Waals surface area contributed by atoms with E-state index in [1.807, 2.05) is 0 Å². The summed E-state index contributed by atoms with van der Waals surface area (Å²) >= 11 is 2.06. The first-order valence-corrected chi connectivity index (χ1v) is 24.2. The fourth-order valence-corrected chi connectivity index (χ4v) is 12.4. The van der Waals surface area contributed by atoms with Gasteiger partial charge >= 0.3 is 0 Å². The standard InChI is InChI=1S/C59H54BN3OS/c1-37-16-13-20-44-45-21-14-24-50(56(45)64-55(37)44)63-49-23-15-22-48-53(49)60(57-54(46-19-11-12-25-52(46)65-57)62(48)40-17-9-8-10-18-40)47-35-34-43(36-51(47)63)61(41-30-26-38(27-31-41)58(2,3)4)42-32-28-39(29-33-42)59(5,6)7/h8-10,13-18,20-24,26-36H,11-12,19,25H2,1-7H3. The number of hydrogen-bond acceptors (Lipinski definition) is 5. The van der Waals surface area contributed by atoms with Gasteiger partial charge in [-0.15, -0.1) is 0 Å². The largest absolute Gasteiger partial charge is 0.454 e. The lowest BCUT2D eigenvalue weighted by molar-refractivity contribution is 0.590. The Bertz CT molecular complexity index is 3260. The topological polar surface area (TPSA) is 22.9 Å². The Kier molecular flexibility index (Phi) is 9.10. The maximum atomic E-state index is 7.03. The Morgan fingerprint density at radius 1 is 0.554 bits per heavy atom. The molecule has 7 aromatic carbocycles. The first kappa shape index (κ1) is 40.0. The van der Waals surface area contributed by atoms with Crippen molar-refractivity contribution in [3.63, 3.8) is 0 Å². The molecule has 4 heterocycles. The highest BCUT2D eigenvalue weighted by molar-refractivity contribution is 7.29. The fourth-order valence-electron chi connectivity index (χ4n) is 10.9. The van der Waals surface area contributed by atoms with Crippen LogP contribution in [0, 0.1) is 6.92 Å². The minimum atomic E-state index is 0.0441. The van der Waals surface area contributed by atoms with Gasteiger partial charge in [-0.3, -0.25) is 0 Å². The van der Waals surface area contributed by atoms with Gasteiger partial charge in [-0.1, -0.05) is 126 Å². The molecule has 0 fully saturated rings. The van der Waals surface area contributed by atoms with E-state index in [0.29, 0.717) is 0 Å². The Morgan fingerprint density at radius 2 is 1.14 bits per heavy atom. The van der Waals surface area contributed by atoms with Crippen LogP contribution in [0.15, 0.2) is 156 Å². The van der Waals surface area contributed by atoms with E-state index in [0.717, 1.165) is 63.1 Å². The van der Waals surface area contributed by atoms with E-state index in [-0.39, 0.29) is 17.5 Å². The van der Waals surface area contributed by atoms with E-state index in [9.17, 15) is 0 Å². The minimum Gasteiger partial charge on any atom is -0.454 e. The molecule has 0 saturated heterocycles. The molecule has 9 aromatic rings. The minimum absolute atomic E-state index is 0.0441. The first-order valence-electron chi connectivity index (χ1n) is 23.4. The second kappa shape index (κ2) is 14.8.